The zero-order valence-corrected chi connectivity index (χ0v) is 15.7. The van der Waals surface area contributed by atoms with Gasteiger partial charge in [0.1, 0.15) is 17.5 Å². The highest BCUT2D eigenvalue weighted by atomic mass is 16.6. The molecule has 1 saturated heterocycles. The van der Waals surface area contributed by atoms with E-state index in [0.717, 1.165) is 11.6 Å². The van der Waals surface area contributed by atoms with Crippen molar-refractivity contribution in [2.24, 2.45) is 0 Å². The molecule has 25 heavy (non-hydrogen) atoms. The molecule has 1 unspecified atom stereocenters. The van der Waals surface area contributed by atoms with Gasteiger partial charge in [0, 0.05) is 25.0 Å². The van der Waals surface area contributed by atoms with E-state index in [1.807, 2.05) is 34.6 Å². The highest BCUT2D eigenvalue weighted by Gasteiger charge is 2.39. The van der Waals surface area contributed by atoms with Gasteiger partial charge in [-0.1, -0.05) is 0 Å². The number of ether oxygens (including phenoxy) is 3. The summed E-state index contributed by atoms with van der Waals surface area (Å²) in [6.45, 7) is 12.5. The van der Waals surface area contributed by atoms with Crippen LogP contribution in [0.1, 0.15) is 52.4 Å². The predicted octanol–water partition coefficient (Wildman–Crippen LogP) is 1.94. The first-order valence-electron chi connectivity index (χ1n) is 8.79. The van der Waals surface area contributed by atoms with Gasteiger partial charge in [-0.25, -0.2) is 4.79 Å². The Morgan fingerprint density at radius 3 is 2.64 bits per heavy atom. The summed E-state index contributed by atoms with van der Waals surface area (Å²) in [5.74, 6) is 1.64. The van der Waals surface area contributed by atoms with Crippen LogP contribution in [0.15, 0.2) is 0 Å². The summed E-state index contributed by atoms with van der Waals surface area (Å²) < 4.78 is 18.9. The van der Waals surface area contributed by atoms with E-state index in [0.29, 0.717) is 39.3 Å². The van der Waals surface area contributed by atoms with Crippen LogP contribution in [-0.4, -0.2) is 63.3 Å². The van der Waals surface area contributed by atoms with Crippen LogP contribution < -0.4 is 0 Å². The standard InChI is InChI=1S/C17H28N4O4/c1-16(2,3)25-15(22)21-7-6-20-13(10-17(21,4)5)18-19-14(20)12-11-23-8-9-24-12/h12H,6-11H2,1-5H3. The second-order valence-electron chi connectivity index (χ2n) is 8.18. The number of carbonyl (C=O) groups is 1. The number of carbonyl (C=O) groups excluding carboxylic acids is 1. The van der Waals surface area contributed by atoms with Crippen molar-refractivity contribution in [2.45, 2.75) is 64.8 Å². The Hall–Kier alpha value is -1.67. The number of hydrogen-bond acceptors (Lipinski definition) is 6. The molecule has 0 spiro atoms. The SMILES string of the molecule is CC(C)(C)OC(=O)N1CCn2c(nnc2C2COCCO2)CC1(C)C. The molecule has 8 heteroatoms. The smallest absolute Gasteiger partial charge is 0.410 e. The van der Waals surface area contributed by atoms with Gasteiger partial charge >= 0.3 is 6.09 Å². The average molecular weight is 352 g/mol. The predicted molar refractivity (Wildman–Crippen MR) is 90.3 cm³/mol. The maximum absolute atomic E-state index is 12.7. The van der Waals surface area contributed by atoms with Gasteiger partial charge in [-0.2, -0.15) is 0 Å². The van der Waals surface area contributed by atoms with Crippen LogP contribution in [0.2, 0.25) is 0 Å². The first-order chi connectivity index (χ1) is 11.7. The van der Waals surface area contributed by atoms with E-state index < -0.39 is 11.1 Å². The van der Waals surface area contributed by atoms with Crippen LogP contribution in [0.4, 0.5) is 4.79 Å². The normalized spacial score (nSPS) is 23.7. The van der Waals surface area contributed by atoms with Crippen molar-refractivity contribution in [2.75, 3.05) is 26.4 Å². The molecule has 0 aliphatic carbocycles. The number of hydrogen-bond donors (Lipinski definition) is 0. The fraction of sp³-hybridized carbons (Fsp3) is 0.824. The number of fused-ring (bicyclic) bond motifs is 1. The maximum atomic E-state index is 12.7. The number of nitrogens with zero attached hydrogens (tertiary/aromatic N) is 4. The topological polar surface area (TPSA) is 78.7 Å². The van der Waals surface area contributed by atoms with Gasteiger partial charge in [-0.3, -0.25) is 0 Å². The monoisotopic (exact) mass is 352 g/mol. The summed E-state index contributed by atoms with van der Waals surface area (Å²) in [7, 11) is 0. The Morgan fingerprint density at radius 2 is 2.00 bits per heavy atom. The largest absolute Gasteiger partial charge is 0.444 e. The minimum atomic E-state index is -0.521. The van der Waals surface area contributed by atoms with Gasteiger partial charge in [0.2, 0.25) is 0 Å². The minimum absolute atomic E-state index is 0.203. The molecule has 2 aliphatic rings. The summed E-state index contributed by atoms with van der Waals surface area (Å²) >= 11 is 0. The fourth-order valence-electron chi connectivity index (χ4n) is 3.24. The van der Waals surface area contributed by atoms with E-state index in [1.165, 1.54) is 0 Å². The van der Waals surface area contributed by atoms with Gasteiger partial charge in [0.15, 0.2) is 5.82 Å². The van der Waals surface area contributed by atoms with Crippen LogP contribution in [0.5, 0.6) is 0 Å². The van der Waals surface area contributed by atoms with E-state index in [9.17, 15) is 4.79 Å². The molecule has 1 fully saturated rings. The van der Waals surface area contributed by atoms with Crippen molar-refractivity contribution in [3.63, 3.8) is 0 Å². The van der Waals surface area contributed by atoms with Crippen molar-refractivity contribution in [1.29, 1.82) is 0 Å². The van der Waals surface area contributed by atoms with Gasteiger partial charge < -0.3 is 23.7 Å². The number of amides is 1. The Kier molecular flexibility index (Phi) is 4.76. The molecule has 2 aliphatic heterocycles. The lowest BCUT2D eigenvalue weighted by molar-refractivity contribution is -0.0948. The summed E-state index contributed by atoms with van der Waals surface area (Å²) in [4.78, 5) is 14.4. The lowest BCUT2D eigenvalue weighted by Gasteiger charge is -2.37. The molecule has 1 aromatic heterocycles. The zero-order valence-electron chi connectivity index (χ0n) is 15.7. The Balaban J connectivity index is 1.81. The third-order valence-electron chi connectivity index (χ3n) is 4.44. The summed E-state index contributed by atoms with van der Waals surface area (Å²) in [6.07, 6.45) is 0.105. The Bertz CT molecular complexity index is 629. The van der Waals surface area contributed by atoms with E-state index in [1.54, 1.807) is 4.90 Å². The van der Waals surface area contributed by atoms with E-state index in [-0.39, 0.29) is 12.2 Å². The summed E-state index contributed by atoms with van der Waals surface area (Å²) in [6, 6.07) is 0. The van der Waals surface area contributed by atoms with Crippen molar-refractivity contribution in [3.8, 4) is 0 Å². The molecular weight excluding hydrogens is 324 g/mol. The fourth-order valence-corrected chi connectivity index (χ4v) is 3.24. The molecule has 3 heterocycles. The van der Waals surface area contributed by atoms with Gasteiger partial charge in [-0.05, 0) is 34.6 Å². The second-order valence-corrected chi connectivity index (χ2v) is 8.18. The zero-order chi connectivity index (χ0) is 18.2. The maximum Gasteiger partial charge on any atom is 0.410 e. The molecule has 0 aromatic carbocycles. The molecule has 0 bridgehead atoms. The van der Waals surface area contributed by atoms with Crippen LogP contribution in [0, 0.1) is 0 Å². The molecule has 3 rings (SSSR count). The molecule has 0 saturated carbocycles. The first kappa shape index (κ1) is 18.1. The third kappa shape index (κ3) is 3.95. The molecule has 1 aromatic rings. The van der Waals surface area contributed by atoms with Crippen molar-refractivity contribution >= 4 is 6.09 Å². The van der Waals surface area contributed by atoms with Crippen LogP contribution in [0.25, 0.3) is 0 Å². The number of aromatic nitrogens is 3. The quantitative estimate of drug-likeness (QED) is 0.768. The summed E-state index contributed by atoms with van der Waals surface area (Å²) in [5.41, 5.74) is -0.933. The van der Waals surface area contributed by atoms with Crippen molar-refractivity contribution in [1.82, 2.24) is 19.7 Å². The lowest BCUT2D eigenvalue weighted by Crippen LogP contribution is -2.50. The molecule has 8 nitrogen and oxygen atoms in total. The first-order valence-corrected chi connectivity index (χ1v) is 8.79. The highest BCUT2D eigenvalue weighted by molar-refractivity contribution is 5.69. The lowest BCUT2D eigenvalue weighted by atomic mass is 9.98. The second kappa shape index (κ2) is 6.57. The molecule has 1 amide bonds. The van der Waals surface area contributed by atoms with Gasteiger partial charge in [-0.15, -0.1) is 10.2 Å². The van der Waals surface area contributed by atoms with Crippen molar-refractivity contribution < 1.29 is 19.0 Å². The molecule has 0 N–H and O–H groups in total. The van der Waals surface area contributed by atoms with Crippen LogP contribution in [-0.2, 0) is 27.2 Å². The molecule has 1 atom stereocenters. The van der Waals surface area contributed by atoms with Crippen LogP contribution in [0.3, 0.4) is 0 Å². The molecular formula is C17H28N4O4. The number of rotatable bonds is 1. The van der Waals surface area contributed by atoms with Crippen LogP contribution >= 0.6 is 0 Å². The third-order valence-corrected chi connectivity index (χ3v) is 4.44. The Labute approximate surface area is 148 Å². The van der Waals surface area contributed by atoms with Crippen molar-refractivity contribution in [3.05, 3.63) is 11.6 Å². The average Bonchev–Trinajstić information content (AvgIpc) is 2.82. The van der Waals surface area contributed by atoms with Gasteiger partial charge in [0.25, 0.3) is 0 Å². The highest BCUT2D eigenvalue weighted by Crippen LogP contribution is 2.28. The minimum Gasteiger partial charge on any atom is -0.444 e. The Morgan fingerprint density at radius 1 is 1.24 bits per heavy atom. The van der Waals surface area contributed by atoms with E-state index >= 15 is 0 Å². The van der Waals surface area contributed by atoms with E-state index in [2.05, 4.69) is 14.8 Å². The summed E-state index contributed by atoms with van der Waals surface area (Å²) in [5, 5.41) is 8.69. The van der Waals surface area contributed by atoms with Gasteiger partial charge in [0.05, 0.1) is 19.8 Å². The van der Waals surface area contributed by atoms with E-state index in [4.69, 9.17) is 14.2 Å². The molecule has 0 radical (unpaired) electrons. The molecule has 140 valence electrons.